The summed E-state index contributed by atoms with van der Waals surface area (Å²) in [7, 11) is 0. The molecule has 0 bridgehead atoms. The minimum absolute atomic E-state index is 0.0438. The van der Waals surface area contributed by atoms with Crippen LogP contribution in [0.5, 0.6) is 0 Å². The van der Waals surface area contributed by atoms with E-state index in [4.69, 9.17) is 0 Å². The Morgan fingerprint density at radius 1 is 1.36 bits per heavy atom. The molecule has 1 amide bonds. The van der Waals surface area contributed by atoms with E-state index in [9.17, 15) is 4.79 Å². The number of hydrogen-bond donors (Lipinski definition) is 1. The van der Waals surface area contributed by atoms with E-state index in [1.54, 1.807) is 0 Å². The fourth-order valence-corrected chi connectivity index (χ4v) is 1.54. The second kappa shape index (κ2) is 4.80. The van der Waals surface area contributed by atoms with Gasteiger partial charge in [0.05, 0.1) is 0 Å². The summed E-state index contributed by atoms with van der Waals surface area (Å²) in [6.45, 7) is 5.00. The molecule has 1 atom stereocenters. The van der Waals surface area contributed by atoms with Gasteiger partial charge >= 0.3 is 0 Å². The second-order valence-corrected chi connectivity index (χ2v) is 3.78. The molecule has 1 unspecified atom stereocenters. The number of benzene rings is 1. The molecule has 0 saturated carbocycles. The summed E-state index contributed by atoms with van der Waals surface area (Å²) in [6.07, 6.45) is 1.77. The van der Waals surface area contributed by atoms with E-state index >= 15 is 0 Å². The second-order valence-electron chi connectivity index (χ2n) is 3.78. The fraction of sp³-hybridized carbons (Fsp3) is 0.417. The first-order chi connectivity index (χ1) is 6.73. The highest BCUT2D eigenvalue weighted by Crippen LogP contribution is 2.26. The van der Waals surface area contributed by atoms with Crippen LogP contribution in [0.4, 0.5) is 0 Å². The minimum Gasteiger partial charge on any atom is -0.358 e. The Hall–Kier alpha value is -1.31. The molecule has 2 nitrogen and oxygen atoms in total. The van der Waals surface area contributed by atoms with E-state index in [-0.39, 0.29) is 5.41 Å². The molecule has 0 aliphatic carbocycles. The van der Waals surface area contributed by atoms with Crippen molar-refractivity contribution in [1.82, 2.24) is 5.32 Å². The van der Waals surface area contributed by atoms with E-state index in [0.29, 0.717) is 6.54 Å². The Kier molecular flexibility index (Phi) is 3.69. The SMILES string of the molecule is CCC(C)(CNC=O)c1ccccc1. The maximum atomic E-state index is 10.3. The Bertz CT molecular complexity index is 284. The topological polar surface area (TPSA) is 29.1 Å². The molecule has 2 heteroatoms. The van der Waals surface area contributed by atoms with Crippen molar-refractivity contribution in [1.29, 1.82) is 0 Å². The Morgan fingerprint density at radius 2 is 2.00 bits per heavy atom. The summed E-state index contributed by atoms with van der Waals surface area (Å²) in [4.78, 5) is 10.3. The van der Waals surface area contributed by atoms with Crippen LogP contribution in [0.2, 0.25) is 0 Å². The predicted octanol–water partition coefficient (Wildman–Crippen LogP) is 2.10. The van der Waals surface area contributed by atoms with Crippen LogP contribution < -0.4 is 5.32 Å². The molecule has 76 valence electrons. The number of nitrogens with one attached hydrogen (secondary N) is 1. The third kappa shape index (κ3) is 2.34. The van der Waals surface area contributed by atoms with E-state index in [1.807, 2.05) is 18.2 Å². The van der Waals surface area contributed by atoms with Crippen molar-refractivity contribution in [3.8, 4) is 0 Å². The minimum atomic E-state index is 0.0438. The van der Waals surface area contributed by atoms with Crippen LogP contribution in [0.1, 0.15) is 25.8 Å². The van der Waals surface area contributed by atoms with Crippen LogP contribution in [-0.4, -0.2) is 13.0 Å². The average Bonchev–Trinajstić information content (AvgIpc) is 2.27. The molecular formula is C12H17NO. The molecule has 14 heavy (non-hydrogen) atoms. The predicted molar refractivity (Wildman–Crippen MR) is 58.2 cm³/mol. The first-order valence-electron chi connectivity index (χ1n) is 4.95. The van der Waals surface area contributed by atoms with Crippen molar-refractivity contribution in [2.24, 2.45) is 0 Å². The van der Waals surface area contributed by atoms with Crippen LogP contribution in [0, 0.1) is 0 Å². The van der Waals surface area contributed by atoms with Gasteiger partial charge in [0.1, 0.15) is 0 Å². The molecule has 1 aromatic carbocycles. The summed E-state index contributed by atoms with van der Waals surface area (Å²) >= 11 is 0. The summed E-state index contributed by atoms with van der Waals surface area (Å²) < 4.78 is 0. The molecule has 0 radical (unpaired) electrons. The maximum Gasteiger partial charge on any atom is 0.207 e. The van der Waals surface area contributed by atoms with Crippen molar-refractivity contribution >= 4 is 6.41 Å². The summed E-state index contributed by atoms with van der Waals surface area (Å²) in [5.74, 6) is 0. The van der Waals surface area contributed by atoms with Crippen LogP contribution in [-0.2, 0) is 10.2 Å². The zero-order chi connectivity index (χ0) is 10.4. The van der Waals surface area contributed by atoms with Crippen LogP contribution >= 0.6 is 0 Å². The third-order valence-electron chi connectivity index (χ3n) is 2.83. The molecule has 0 heterocycles. The standard InChI is InChI=1S/C12H17NO/c1-3-12(2,9-13-10-14)11-7-5-4-6-8-11/h4-8,10H,3,9H2,1-2H3,(H,13,14). The molecule has 0 fully saturated rings. The first kappa shape index (κ1) is 10.8. The molecule has 0 aliphatic rings. The van der Waals surface area contributed by atoms with E-state index < -0.39 is 0 Å². The number of carbonyl (C=O) groups is 1. The molecule has 0 saturated heterocycles. The monoisotopic (exact) mass is 191 g/mol. The number of rotatable bonds is 5. The van der Waals surface area contributed by atoms with Gasteiger partial charge in [0, 0.05) is 12.0 Å². The lowest BCUT2D eigenvalue weighted by Crippen LogP contribution is -2.34. The van der Waals surface area contributed by atoms with Gasteiger partial charge in [-0.1, -0.05) is 44.2 Å². The average molecular weight is 191 g/mol. The van der Waals surface area contributed by atoms with Gasteiger partial charge in [0.2, 0.25) is 6.41 Å². The highest BCUT2D eigenvalue weighted by molar-refractivity contribution is 5.46. The maximum absolute atomic E-state index is 10.3. The van der Waals surface area contributed by atoms with Gasteiger partial charge in [0.25, 0.3) is 0 Å². The highest BCUT2D eigenvalue weighted by atomic mass is 16.1. The Labute approximate surface area is 85.3 Å². The van der Waals surface area contributed by atoms with Crippen molar-refractivity contribution in [2.45, 2.75) is 25.7 Å². The number of carbonyl (C=O) groups excluding carboxylic acids is 1. The summed E-state index contributed by atoms with van der Waals surface area (Å²) in [6, 6.07) is 10.3. The zero-order valence-corrected chi connectivity index (χ0v) is 8.79. The van der Waals surface area contributed by atoms with Gasteiger partial charge < -0.3 is 5.32 Å². The quantitative estimate of drug-likeness (QED) is 0.709. The molecule has 1 rings (SSSR count). The van der Waals surface area contributed by atoms with Crippen molar-refractivity contribution in [3.63, 3.8) is 0 Å². The zero-order valence-electron chi connectivity index (χ0n) is 8.79. The Morgan fingerprint density at radius 3 is 2.50 bits per heavy atom. The van der Waals surface area contributed by atoms with Gasteiger partial charge in [-0.3, -0.25) is 4.79 Å². The Balaban J connectivity index is 2.84. The summed E-state index contributed by atoms with van der Waals surface area (Å²) in [5, 5.41) is 2.76. The lowest BCUT2D eigenvalue weighted by Gasteiger charge is -2.28. The molecule has 0 aliphatic heterocycles. The van der Waals surface area contributed by atoms with Crippen LogP contribution in [0.15, 0.2) is 30.3 Å². The van der Waals surface area contributed by atoms with E-state index in [0.717, 1.165) is 12.8 Å². The largest absolute Gasteiger partial charge is 0.358 e. The molecule has 0 aromatic heterocycles. The molecule has 1 N–H and O–H groups in total. The van der Waals surface area contributed by atoms with Gasteiger partial charge in [0.15, 0.2) is 0 Å². The number of hydrogen-bond acceptors (Lipinski definition) is 1. The normalized spacial score (nSPS) is 14.4. The fourth-order valence-electron chi connectivity index (χ4n) is 1.54. The van der Waals surface area contributed by atoms with Crippen molar-refractivity contribution in [3.05, 3.63) is 35.9 Å². The first-order valence-corrected chi connectivity index (χ1v) is 4.95. The third-order valence-corrected chi connectivity index (χ3v) is 2.83. The molecule has 1 aromatic rings. The smallest absolute Gasteiger partial charge is 0.207 e. The van der Waals surface area contributed by atoms with Gasteiger partial charge in [-0.2, -0.15) is 0 Å². The van der Waals surface area contributed by atoms with Gasteiger partial charge in [-0.25, -0.2) is 0 Å². The summed E-state index contributed by atoms with van der Waals surface area (Å²) in [5.41, 5.74) is 1.32. The molecule has 0 spiro atoms. The highest BCUT2D eigenvalue weighted by Gasteiger charge is 2.23. The van der Waals surface area contributed by atoms with Crippen LogP contribution in [0.25, 0.3) is 0 Å². The van der Waals surface area contributed by atoms with Crippen LogP contribution in [0.3, 0.4) is 0 Å². The lowest BCUT2D eigenvalue weighted by atomic mass is 9.80. The van der Waals surface area contributed by atoms with Gasteiger partial charge in [-0.05, 0) is 12.0 Å². The lowest BCUT2D eigenvalue weighted by molar-refractivity contribution is -0.109. The van der Waals surface area contributed by atoms with Crippen molar-refractivity contribution in [2.75, 3.05) is 6.54 Å². The van der Waals surface area contributed by atoms with Crippen molar-refractivity contribution < 1.29 is 4.79 Å². The van der Waals surface area contributed by atoms with Gasteiger partial charge in [-0.15, -0.1) is 0 Å². The van der Waals surface area contributed by atoms with E-state index in [2.05, 4.69) is 31.3 Å². The number of amides is 1. The molecular weight excluding hydrogens is 174 g/mol. The van der Waals surface area contributed by atoms with E-state index in [1.165, 1.54) is 5.56 Å².